The molecule has 0 aromatic carbocycles. The Morgan fingerprint density at radius 3 is 2.47 bits per heavy atom. The number of rotatable bonds is 5. The van der Waals surface area contributed by atoms with Gasteiger partial charge in [0.05, 0.1) is 5.75 Å². The number of aromatic nitrogens is 1. The van der Waals surface area contributed by atoms with E-state index < -0.39 is 0 Å². The number of thioether (sulfide) groups is 1. The van der Waals surface area contributed by atoms with E-state index in [2.05, 4.69) is 4.98 Å². The van der Waals surface area contributed by atoms with E-state index in [0.717, 1.165) is 18.0 Å². The lowest BCUT2D eigenvalue weighted by atomic mass is 10.5. The zero-order valence-corrected chi connectivity index (χ0v) is 9.96. The van der Waals surface area contributed by atoms with Crippen LogP contribution in [-0.4, -0.2) is 34.6 Å². The molecule has 82 valence electrons. The van der Waals surface area contributed by atoms with Gasteiger partial charge in [-0.15, -0.1) is 11.8 Å². The van der Waals surface area contributed by atoms with Gasteiger partial charge in [-0.2, -0.15) is 0 Å². The molecule has 0 aliphatic carbocycles. The van der Waals surface area contributed by atoms with E-state index in [-0.39, 0.29) is 5.91 Å². The molecule has 1 aromatic heterocycles. The van der Waals surface area contributed by atoms with Crippen LogP contribution in [0.15, 0.2) is 29.4 Å². The largest absolute Gasteiger partial charge is 0.343 e. The second-order valence-corrected chi connectivity index (χ2v) is 4.09. The summed E-state index contributed by atoms with van der Waals surface area (Å²) in [4.78, 5) is 18.5. The number of amides is 1. The lowest BCUT2D eigenvalue weighted by Gasteiger charge is -2.18. The van der Waals surface area contributed by atoms with Gasteiger partial charge in [-0.3, -0.25) is 9.78 Å². The molecule has 0 saturated heterocycles. The lowest BCUT2D eigenvalue weighted by molar-refractivity contribution is -0.127. The molecular formula is C11H16N2OS. The van der Waals surface area contributed by atoms with E-state index in [4.69, 9.17) is 0 Å². The van der Waals surface area contributed by atoms with Gasteiger partial charge in [-0.1, -0.05) is 0 Å². The van der Waals surface area contributed by atoms with Gasteiger partial charge in [0.2, 0.25) is 5.91 Å². The third-order valence-electron chi connectivity index (χ3n) is 2.13. The zero-order valence-electron chi connectivity index (χ0n) is 9.14. The fourth-order valence-electron chi connectivity index (χ4n) is 1.25. The summed E-state index contributed by atoms with van der Waals surface area (Å²) in [5.74, 6) is 0.702. The van der Waals surface area contributed by atoms with E-state index in [9.17, 15) is 4.79 Å². The van der Waals surface area contributed by atoms with Gasteiger partial charge in [0.25, 0.3) is 0 Å². The first kappa shape index (κ1) is 12.0. The summed E-state index contributed by atoms with van der Waals surface area (Å²) in [6, 6.07) is 3.83. The molecule has 1 rings (SSSR count). The molecule has 3 nitrogen and oxygen atoms in total. The molecule has 0 bridgehead atoms. The van der Waals surface area contributed by atoms with Crippen LogP contribution in [0.4, 0.5) is 0 Å². The fourth-order valence-corrected chi connectivity index (χ4v) is 2.03. The van der Waals surface area contributed by atoms with E-state index in [0.29, 0.717) is 5.75 Å². The van der Waals surface area contributed by atoms with Crippen LogP contribution in [0.5, 0.6) is 0 Å². The van der Waals surface area contributed by atoms with Crippen LogP contribution in [0.1, 0.15) is 13.8 Å². The summed E-state index contributed by atoms with van der Waals surface area (Å²) in [5.41, 5.74) is 0. The zero-order chi connectivity index (χ0) is 11.1. The molecule has 0 spiro atoms. The van der Waals surface area contributed by atoms with Crippen molar-refractivity contribution in [3.8, 4) is 0 Å². The highest BCUT2D eigenvalue weighted by molar-refractivity contribution is 8.00. The quantitative estimate of drug-likeness (QED) is 0.718. The van der Waals surface area contributed by atoms with Crippen LogP contribution in [0, 0.1) is 0 Å². The SMILES string of the molecule is CCN(CC)C(=O)CSc1ccncc1. The Labute approximate surface area is 94.9 Å². The standard InChI is InChI=1S/C11H16N2OS/c1-3-13(4-2)11(14)9-15-10-5-7-12-8-6-10/h5-8H,3-4,9H2,1-2H3. The molecule has 0 aliphatic rings. The van der Waals surface area contributed by atoms with E-state index in [1.807, 2.05) is 30.9 Å². The summed E-state index contributed by atoms with van der Waals surface area (Å²) in [6.07, 6.45) is 3.48. The molecule has 0 N–H and O–H groups in total. The molecule has 0 radical (unpaired) electrons. The molecule has 1 heterocycles. The minimum atomic E-state index is 0.196. The van der Waals surface area contributed by atoms with Crippen LogP contribution < -0.4 is 0 Å². The van der Waals surface area contributed by atoms with Crippen molar-refractivity contribution in [2.45, 2.75) is 18.7 Å². The monoisotopic (exact) mass is 224 g/mol. The van der Waals surface area contributed by atoms with E-state index >= 15 is 0 Å². The summed E-state index contributed by atoms with van der Waals surface area (Å²) in [5, 5.41) is 0. The number of nitrogens with zero attached hydrogens (tertiary/aromatic N) is 2. The first-order valence-electron chi connectivity index (χ1n) is 5.08. The van der Waals surface area contributed by atoms with Crippen LogP contribution in [0.3, 0.4) is 0 Å². The van der Waals surface area contributed by atoms with Gasteiger partial charge in [0, 0.05) is 30.4 Å². The average molecular weight is 224 g/mol. The molecule has 0 atom stereocenters. The van der Waals surface area contributed by atoms with Crippen molar-refractivity contribution in [2.24, 2.45) is 0 Å². The molecule has 0 unspecified atom stereocenters. The average Bonchev–Trinajstić information content (AvgIpc) is 2.29. The minimum Gasteiger partial charge on any atom is -0.343 e. The van der Waals surface area contributed by atoms with E-state index in [1.54, 1.807) is 24.2 Å². The van der Waals surface area contributed by atoms with Crippen molar-refractivity contribution in [1.82, 2.24) is 9.88 Å². The second kappa shape index (κ2) is 6.45. The number of hydrogen-bond donors (Lipinski definition) is 0. The van der Waals surface area contributed by atoms with Crippen molar-refractivity contribution in [2.75, 3.05) is 18.8 Å². The first-order valence-corrected chi connectivity index (χ1v) is 6.07. The molecule has 0 aliphatic heterocycles. The molecule has 0 saturated carbocycles. The van der Waals surface area contributed by atoms with Gasteiger partial charge in [-0.05, 0) is 26.0 Å². The molecule has 4 heteroatoms. The summed E-state index contributed by atoms with van der Waals surface area (Å²) >= 11 is 1.56. The maximum atomic E-state index is 11.7. The Balaban J connectivity index is 2.40. The van der Waals surface area contributed by atoms with Crippen molar-refractivity contribution >= 4 is 17.7 Å². The minimum absolute atomic E-state index is 0.196. The molecule has 1 aromatic rings. The number of hydrogen-bond acceptors (Lipinski definition) is 3. The van der Waals surface area contributed by atoms with Gasteiger partial charge in [0.1, 0.15) is 0 Å². The maximum Gasteiger partial charge on any atom is 0.232 e. The fraction of sp³-hybridized carbons (Fsp3) is 0.455. The summed E-state index contributed by atoms with van der Waals surface area (Å²) in [6.45, 7) is 5.56. The smallest absolute Gasteiger partial charge is 0.232 e. The molecule has 0 fully saturated rings. The van der Waals surface area contributed by atoms with Crippen LogP contribution in [-0.2, 0) is 4.79 Å². The van der Waals surface area contributed by atoms with Crippen LogP contribution in [0.25, 0.3) is 0 Å². The van der Waals surface area contributed by atoms with Crippen LogP contribution in [0.2, 0.25) is 0 Å². The van der Waals surface area contributed by atoms with Crippen molar-refractivity contribution in [3.63, 3.8) is 0 Å². The number of carbonyl (C=O) groups excluding carboxylic acids is 1. The Bertz CT molecular complexity index is 299. The Kier molecular flexibility index (Phi) is 5.18. The van der Waals surface area contributed by atoms with Crippen molar-refractivity contribution in [3.05, 3.63) is 24.5 Å². The van der Waals surface area contributed by atoms with Crippen molar-refractivity contribution in [1.29, 1.82) is 0 Å². The van der Waals surface area contributed by atoms with Crippen LogP contribution >= 0.6 is 11.8 Å². The van der Waals surface area contributed by atoms with Gasteiger partial charge < -0.3 is 4.90 Å². The third kappa shape index (κ3) is 3.91. The van der Waals surface area contributed by atoms with Gasteiger partial charge >= 0.3 is 0 Å². The Morgan fingerprint density at radius 2 is 1.93 bits per heavy atom. The van der Waals surface area contributed by atoms with Gasteiger partial charge in [0.15, 0.2) is 0 Å². The predicted molar refractivity (Wildman–Crippen MR) is 62.9 cm³/mol. The summed E-state index contributed by atoms with van der Waals surface area (Å²) in [7, 11) is 0. The second-order valence-electron chi connectivity index (χ2n) is 3.04. The highest BCUT2D eigenvalue weighted by Crippen LogP contribution is 2.16. The Morgan fingerprint density at radius 1 is 1.33 bits per heavy atom. The highest BCUT2D eigenvalue weighted by atomic mass is 32.2. The topological polar surface area (TPSA) is 33.2 Å². The predicted octanol–water partition coefficient (Wildman–Crippen LogP) is 2.04. The maximum absolute atomic E-state index is 11.7. The molecule has 1 amide bonds. The lowest BCUT2D eigenvalue weighted by Crippen LogP contribution is -2.31. The molecular weight excluding hydrogens is 208 g/mol. The van der Waals surface area contributed by atoms with E-state index in [1.165, 1.54) is 0 Å². The highest BCUT2D eigenvalue weighted by Gasteiger charge is 2.09. The normalized spacial score (nSPS) is 10.0. The number of carbonyl (C=O) groups is 1. The third-order valence-corrected chi connectivity index (χ3v) is 3.12. The Hall–Kier alpha value is -1.03. The summed E-state index contributed by atoms with van der Waals surface area (Å²) < 4.78 is 0. The number of pyridine rings is 1. The van der Waals surface area contributed by atoms with Gasteiger partial charge in [-0.25, -0.2) is 0 Å². The molecule has 15 heavy (non-hydrogen) atoms. The van der Waals surface area contributed by atoms with Crippen molar-refractivity contribution < 1.29 is 4.79 Å². The first-order chi connectivity index (χ1) is 7.27.